The van der Waals surface area contributed by atoms with E-state index >= 15 is 0 Å². The lowest BCUT2D eigenvalue weighted by molar-refractivity contribution is 0.296. The number of hydrogen-bond acceptors (Lipinski definition) is 3. The second-order valence-electron chi connectivity index (χ2n) is 3.97. The summed E-state index contributed by atoms with van der Waals surface area (Å²) in [7, 11) is 0. The van der Waals surface area contributed by atoms with Gasteiger partial charge in [-0.2, -0.15) is 0 Å². The first kappa shape index (κ1) is 13.3. The van der Waals surface area contributed by atoms with Gasteiger partial charge in [0.05, 0.1) is 6.54 Å². The fourth-order valence-electron chi connectivity index (χ4n) is 1.62. The van der Waals surface area contributed by atoms with Crippen LogP contribution in [0.15, 0.2) is 53.5 Å². The highest BCUT2D eigenvalue weighted by Crippen LogP contribution is 2.11. The van der Waals surface area contributed by atoms with Gasteiger partial charge in [0.1, 0.15) is 17.3 Å². The third-order valence-electron chi connectivity index (χ3n) is 2.64. The van der Waals surface area contributed by atoms with E-state index in [9.17, 15) is 4.79 Å². The molecule has 0 aliphatic carbocycles. The summed E-state index contributed by atoms with van der Waals surface area (Å²) in [6.07, 6.45) is 1.74. The zero-order valence-electron chi connectivity index (χ0n) is 10.3. The summed E-state index contributed by atoms with van der Waals surface area (Å²) < 4.78 is 7.16. The number of benzene rings is 1. The third kappa shape index (κ3) is 3.66. The van der Waals surface area contributed by atoms with Crippen LogP contribution in [0, 0.1) is 0 Å². The summed E-state index contributed by atoms with van der Waals surface area (Å²) in [5.74, 6) is 0.726. The lowest BCUT2D eigenvalue weighted by Crippen LogP contribution is -2.21. The Balaban J connectivity index is 1.91. The second kappa shape index (κ2) is 6.15. The molecule has 1 aromatic heterocycles. The fraction of sp³-hybridized carbons (Fsp3) is 0.143. The summed E-state index contributed by atoms with van der Waals surface area (Å²) in [6, 6.07) is 12.3. The molecule has 2 rings (SSSR count). The number of nitrogens with two attached hydrogens (primary N) is 1. The Labute approximate surface area is 116 Å². The Bertz CT molecular complexity index is 620. The molecule has 1 heterocycles. The molecule has 0 unspecified atom stereocenters. The van der Waals surface area contributed by atoms with Crippen molar-refractivity contribution in [3.8, 4) is 5.75 Å². The third-order valence-corrected chi connectivity index (χ3v) is 2.87. The molecular formula is C14H14N2O2S. The van der Waals surface area contributed by atoms with Crippen LogP contribution in [0.1, 0.15) is 5.56 Å². The molecule has 2 aromatic rings. The Morgan fingerprint density at radius 1 is 1.21 bits per heavy atom. The molecule has 4 nitrogen and oxygen atoms in total. The molecular weight excluding hydrogens is 260 g/mol. The second-order valence-corrected chi connectivity index (χ2v) is 4.41. The predicted octanol–water partition coefficient (Wildman–Crippen LogP) is 1.56. The quantitative estimate of drug-likeness (QED) is 0.841. The van der Waals surface area contributed by atoms with Gasteiger partial charge in [0, 0.05) is 17.8 Å². The van der Waals surface area contributed by atoms with Crippen molar-refractivity contribution >= 4 is 17.2 Å². The van der Waals surface area contributed by atoms with Crippen molar-refractivity contribution in [3.63, 3.8) is 0 Å². The minimum Gasteiger partial charge on any atom is -0.492 e. The largest absolute Gasteiger partial charge is 0.492 e. The molecule has 2 N–H and O–H groups in total. The lowest BCUT2D eigenvalue weighted by atomic mass is 10.2. The number of thiocarbonyl (C=S) groups is 1. The Morgan fingerprint density at radius 3 is 2.58 bits per heavy atom. The molecule has 0 aliphatic rings. The molecule has 0 bridgehead atoms. The highest BCUT2D eigenvalue weighted by atomic mass is 32.1. The van der Waals surface area contributed by atoms with Crippen LogP contribution < -0.4 is 16.0 Å². The highest BCUT2D eigenvalue weighted by molar-refractivity contribution is 7.80. The van der Waals surface area contributed by atoms with Crippen molar-refractivity contribution in [3.05, 3.63) is 64.6 Å². The summed E-state index contributed by atoms with van der Waals surface area (Å²) >= 11 is 4.87. The first-order chi connectivity index (χ1) is 9.16. The van der Waals surface area contributed by atoms with Crippen molar-refractivity contribution in [2.24, 2.45) is 5.73 Å². The van der Waals surface area contributed by atoms with E-state index in [0.717, 1.165) is 11.3 Å². The fourth-order valence-corrected chi connectivity index (χ4v) is 1.76. The monoisotopic (exact) mass is 274 g/mol. The van der Waals surface area contributed by atoms with Crippen molar-refractivity contribution in [2.75, 3.05) is 6.61 Å². The Kier molecular flexibility index (Phi) is 4.30. The highest BCUT2D eigenvalue weighted by Gasteiger charge is 1.98. The predicted molar refractivity (Wildman–Crippen MR) is 78.5 cm³/mol. The summed E-state index contributed by atoms with van der Waals surface area (Å²) in [4.78, 5) is 11.8. The molecule has 5 heteroatoms. The number of aromatic nitrogens is 1. The van der Waals surface area contributed by atoms with Gasteiger partial charge in [-0.1, -0.05) is 18.3 Å². The van der Waals surface area contributed by atoms with Crippen LogP contribution in [0.25, 0.3) is 0 Å². The molecule has 0 saturated heterocycles. The van der Waals surface area contributed by atoms with Crippen molar-refractivity contribution in [1.82, 2.24) is 4.57 Å². The molecule has 1 aromatic carbocycles. The molecule has 19 heavy (non-hydrogen) atoms. The van der Waals surface area contributed by atoms with Crippen molar-refractivity contribution in [2.45, 2.75) is 6.54 Å². The lowest BCUT2D eigenvalue weighted by Gasteiger charge is -2.08. The number of nitrogens with zero attached hydrogens (tertiary/aromatic N) is 1. The maximum Gasteiger partial charge on any atom is 0.250 e. The molecule has 0 fully saturated rings. The van der Waals surface area contributed by atoms with Gasteiger partial charge in [-0.25, -0.2) is 0 Å². The number of hydrogen-bond donors (Lipinski definition) is 1. The summed E-state index contributed by atoms with van der Waals surface area (Å²) in [5, 5.41) is 0. The number of ether oxygens (including phenoxy) is 1. The van der Waals surface area contributed by atoms with Gasteiger partial charge in [0.2, 0.25) is 0 Å². The molecule has 98 valence electrons. The van der Waals surface area contributed by atoms with Crippen LogP contribution in [-0.2, 0) is 6.54 Å². The summed E-state index contributed by atoms with van der Waals surface area (Å²) in [6.45, 7) is 0.938. The Morgan fingerprint density at radius 2 is 1.95 bits per heavy atom. The summed E-state index contributed by atoms with van der Waals surface area (Å²) in [5.41, 5.74) is 6.28. The normalized spacial score (nSPS) is 10.1. The van der Waals surface area contributed by atoms with Gasteiger partial charge < -0.3 is 15.0 Å². The minimum absolute atomic E-state index is 0.0325. The number of pyridine rings is 1. The maximum absolute atomic E-state index is 11.5. The van der Waals surface area contributed by atoms with Crippen molar-refractivity contribution in [1.29, 1.82) is 0 Å². The molecule has 0 aliphatic heterocycles. The number of rotatable bonds is 5. The minimum atomic E-state index is -0.0325. The van der Waals surface area contributed by atoms with Gasteiger partial charge >= 0.3 is 0 Å². The van der Waals surface area contributed by atoms with E-state index in [2.05, 4.69) is 0 Å². The molecule has 0 atom stereocenters. The van der Waals surface area contributed by atoms with Gasteiger partial charge in [-0.3, -0.25) is 4.79 Å². The van der Waals surface area contributed by atoms with Crippen LogP contribution in [-0.4, -0.2) is 16.2 Å². The standard InChI is InChI=1S/C14H14N2O2S/c15-14(19)11-4-6-12(7-5-11)18-10-9-16-8-2-1-3-13(16)17/h1-8H,9-10H2,(H2,15,19). The Hall–Kier alpha value is -2.14. The van der Waals surface area contributed by atoms with E-state index in [1.807, 2.05) is 30.3 Å². The van der Waals surface area contributed by atoms with Crippen molar-refractivity contribution < 1.29 is 4.74 Å². The van der Waals surface area contributed by atoms with E-state index < -0.39 is 0 Å². The first-order valence-corrected chi connectivity index (χ1v) is 6.26. The maximum atomic E-state index is 11.5. The topological polar surface area (TPSA) is 57.2 Å². The molecule has 0 radical (unpaired) electrons. The van der Waals surface area contributed by atoms with E-state index in [4.69, 9.17) is 22.7 Å². The molecule has 0 spiro atoms. The molecule has 0 saturated carbocycles. The van der Waals surface area contributed by atoms with Gasteiger partial charge in [0.25, 0.3) is 5.56 Å². The van der Waals surface area contributed by atoms with E-state index in [-0.39, 0.29) is 5.56 Å². The first-order valence-electron chi connectivity index (χ1n) is 5.85. The van der Waals surface area contributed by atoms with Crippen LogP contribution >= 0.6 is 12.2 Å². The van der Waals surface area contributed by atoms with Crippen LogP contribution in [0.2, 0.25) is 0 Å². The van der Waals surface area contributed by atoms with Gasteiger partial charge in [-0.05, 0) is 30.3 Å². The van der Waals surface area contributed by atoms with Gasteiger partial charge in [0.15, 0.2) is 0 Å². The van der Waals surface area contributed by atoms with Crippen LogP contribution in [0.3, 0.4) is 0 Å². The van der Waals surface area contributed by atoms with Crippen LogP contribution in [0.5, 0.6) is 5.75 Å². The zero-order valence-corrected chi connectivity index (χ0v) is 11.1. The smallest absolute Gasteiger partial charge is 0.250 e. The van der Waals surface area contributed by atoms with E-state index in [1.54, 1.807) is 16.8 Å². The average Bonchev–Trinajstić information content (AvgIpc) is 2.41. The van der Waals surface area contributed by atoms with Crippen LogP contribution in [0.4, 0.5) is 0 Å². The van der Waals surface area contributed by atoms with E-state index in [0.29, 0.717) is 18.1 Å². The van der Waals surface area contributed by atoms with E-state index in [1.165, 1.54) is 6.07 Å². The molecule has 0 amide bonds. The average molecular weight is 274 g/mol. The van der Waals surface area contributed by atoms with Gasteiger partial charge in [-0.15, -0.1) is 0 Å². The zero-order chi connectivity index (χ0) is 13.7. The SMILES string of the molecule is NC(=S)c1ccc(OCCn2ccccc2=O)cc1.